The fraction of sp³-hybridized carbons (Fsp3) is 0.160. The highest BCUT2D eigenvalue weighted by Crippen LogP contribution is 2.48. The molecule has 0 radical (unpaired) electrons. The average Bonchev–Trinajstić information content (AvgIpc) is 3.61. The summed E-state index contributed by atoms with van der Waals surface area (Å²) in [5.41, 5.74) is 10.1. The number of halogens is 4. The summed E-state index contributed by atoms with van der Waals surface area (Å²) in [6, 6.07) is 23.0. The second kappa shape index (κ2) is 10.6. The van der Waals surface area contributed by atoms with Crippen molar-refractivity contribution in [3.05, 3.63) is 88.9 Å². The molecule has 1 aliphatic carbocycles. The number of carbonyl (C=O) groups excluding carboxylic acids is 1. The van der Waals surface area contributed by atoms with Crippen LogP contribution in [0.2, 0.25) is 5.02 Å². The quantitative estimate of drug-likeness (QED) is 0.265. The van der Waals surface area contributed by atoms with E-state index in [0.29, 0.717) is 10.6 Å². The summed E-state index contributed by atoms with van der Waals surface area (Å²) in [6.45, 7) is 0. The summed E-state index contributed by atoms with van der Waals surface area (Å²) in [5.74, 6) is -2.56. The first-order valence-corrected chi connectivity index (χ1v) is 10.8. The molecule has 4 rings (SSSR count). The lowest BCUT2D eigenvalue weighted by Gasteiger charge is -2.08. The molecule has 1 fully saturated rings. The van der Waals surface area contributed by atoms with Crippen LogP contribution in [0.15, 0.2) is 72.8 Å². The van der Waals surface area contributed by atoms with E-state index >= 15 is 0 Å². The van der Waals surface area contributed by atoms with Gasteiger partial charge in [0.15, 0.2) is 0 Å². The number of amides is 1. The molecule has 0 saturated heterocycles. The summed E-state index contributed by atoms with van der Waals surface area (Å²) in [6.07, 6.45) is -4.27. The number of hydrogen-bond acceptors (Lipinski definition) is 3. The number of carbonyl (C=O) groups is 2. The zero-order chi connectivity index (χ0) is 25.8. The van der Waals surface area contributed by atoms with Gasteiger partial charge in [-0.05, 0) is 47.7 Å². The van der Waals surface area contributed by atoms with Gasteiger partial charge in [0.2, 0.25) is 5.91 Å². The van der Waals surface area contributed by atoms with E-state index < -0.39 is 12.1 Å². The van der Waals surface area contributed by atoms with E-state index in [0.717, 1.165) is 28.8 Å². The normalized spacial score (nSPS) is 16.5. The third-order valence-corrected chi connectivity index (χ3v) is 5.66. The molecule has 6 nitrogen and oxygen atoms in total. The molecule has 0 bridgehead atoms. The van der Waals surface area contributed by atoms with Gasteiger partial charge < -0.3 is 16.2 Å². The molecule has 1 saturated carbocycles. The standard InChI is InChI=1S/C23H20ClN3O.C2HF3O2/c24-21-7-2-1-6-18(21)14-8-10-17(11-9-14)27-23(28)20-13-19(20)15-4-3-5-16(12-15)22(25)26;3-2(4,5)1(6)7/h1-12,19-20H,13H2,(H3,25,26)(H,27,28);(H,6,7)/t19-,20-;/m1./s1. The maximum atomic E-state index is 12.6. The molecule has 3 aromatic rings. The molecule has 2 atom stereocenters. The summed E-state index contributed by atoms with van der Waals surface area (Å²) in [5, 5.41) is 18.4. The predicted molar refractivity (Wildman–Crippen MR) is 128 cm³/mol. The number of nitrogens with one attached hydrogen (secondary N) is 2. The molecule has 10 heteroatoms. The van der Waals surface area contributed by atoms with Gasteiger partial charge in [-0.25, -0.2) is 4.79 Å². The van der Waals surface area contributed by atoms with Crippen molar-refractivity contribution < 1.29 is 27.9 Å². The number of aliphatic carboxylic acids is 1. The SMILES string of the molecule is N=C(N)c1cccc([C@H]2C[C@H]2C(=O)Nc2ccc(-c3ccccc3Cl)cc2)c1.O=C(O)C(F)(F)F. The van der Waals surface area contributed by atoms with Crippen molar-refractivity contribution in [1.29, 1.82) is 5.41 Å². The first-order valence-electron chi connectivity index (χ1n) is 10.4. The van der Waals surface area contributed by atoms with Crippen LogP contribution in [0, 0.1) is 11.3 Å². The Bertz CT molecular complexity index is 1250. The van der Waals surface area contributed by atoms with Crippen LogP contribution in [-0.2, 0) is 9.59 Å². The largest absolute Gasteiger partial charge is 0.490 e. The Kier molecular flexibility index (Phi) is 7.81. The second-order valence-electron chi connectivity index (χ2n) is 7.84. The van der Waals surface area contributed by atoms with E-state index in [1.165, 1.54) is 0 Å². The zero-order valence-corrected chi connectivity index (χ0v) is 18.9. The predicted octanol–water partition coefficient (Wildman–Crippen LogP) is 5.67. The molecule has 1 amide bonds. The van der Waals surface area contributed by atoms with E-state index in [1.54, 1.807) is 0 Å². The van der Waals surface area contributed by atoms with Crippen molar-refractivity contribution in [2.75, 3.05) is 5.32 Å². The summed E-state index contributed by atoms with van der Waals surface area (Å²) >= 11 is 6.25. The van der Waals surface area contributed by atoms with Gasteiger partial charge in [-0.15, -0.1) is 0 Å². The fourth-order valence-corrected chi connectivity index (χ4v) is 3.70. The topological polar surface area (TPSA) is 116 Å². The van der Waals surface area contributed by atoms with Gasteiger partial charge in [0.05, 0.1) is 0 Å². The fourth-order valence-electron chi connectivity index (χ4n) is 3.45. The highest BCUT2D eigenvalue weighted by atomic mass is 35.5. The number of rotatable bonds is 5. The van der Waals surface area contributed by atoms with E-state index in [4.69, 9.17) is 32.6 Å². The molecule has 35 heavy (non-hydrogen) atoms. The average molecular weight is 504 g/mol. The molecule has 5 N–H and O–H groups in total. The Hall–Kier alpha value is -3.85. The Morgan fingerprint density at radius 1 is 1.03 bits per heavy atom. The van der Waals surface area contributed by atoms with E-state index in [1.807, 2.05) is 72.8 Å². The molecule has 1 aliphatic rings. The van der Waals surface area contributed by atoms with Gasteiger partial charge in [-0.1, -0.05) is 60.1 Å². The first kappa shape index (κ1) is 25.8. The van der Waals surface area contributed by atoms with Crippen molar-refractivity contribution >= 4 is 35.0 Å². The van der Waals surface area contributed by atoms with Crippen LogP contribution >= 0.6 is 11.6 Å². The Morgan fingerprint density at radius 3 is 2.23 bits per heavy atom. The minimum atomic E-state index is -5.08. The third kappa shape index (κ3) is 6.83. The number of nitrogen functional groups attached to an aromatic ring is 1. The number of benzene rings is 3. The summed E-state index contributed by atoms with van der Waals surface area (Å²) < 4.78 is 31.7. The summed E-state index contributed by atoms with van der Waals surface area (Å²) in [4.78, 5) is 21.5. The van der Waals surface area contributed by atoms with Gasteiger partial charge >= 0.3 is 12.1 Å². The number of carboxylic acids is 1. The Morgan fingerprint density at radius 2 is 1.66 bits per heavy atom. The monoisotopic (exact) mass is 503 g/mol. The first-order chi connectivity index (χ1) is 16.5. The number of anilines is 1. The van der Waals surface area contributed by atoms with Crippen LogP contribution in [0.3, 0.4) is 0 Å². The van der Waals surface area contributed by atoms with Crippen molar-refractivity contribution in [2.45, 2.75) is 18.5 Å². The molecular weight excluding hydrogens is 483 g/mol. The second-order valence-corrected chi connectivity index (χ2v) is 8.24. The van der Waals surface area contributed by atoms with Crippen LogP contribution in [0.5, 0.6) is 0 Å². The third-order valence-electron chi connectivity index (χ3n) is 5.33. The molecule has 0 unspecified atom stereocenters. The van der Waals surface area contributed by atoms with E-state index in [2.05, 4.69) is 5.32 Å². The molecule has 0 aliphatic heterocycles. The van der Waals surface area contributed by atoms with Gasteiger partial charge in [0, 0.05) is 27.8 Å². The molecule has 0 spiro atoms. The van der Waals surface area contributed by atoms with E-state index in [9.17, 15) is 18.0 Å². The lowest BCUT2D eigenvalue weighted by atomic mass is 10.0. The number of alkyl halides is 3. The lowest BCUT2D eigenvalue weighted by molar-refractivity contribution is -0.192. The maximum Gasteiger partial charge on any atom is 0.490 e. The molecule has 3 aromatic carbocycles. The highest BCUT2D eigenvalue weighted by molar-refractivity contribution is 6.33. The minimum absolute atomic E-state index is 0.0173. The Balaban J connectivity index is 0.000000429. The molecule has 0 heterocycles. The number of amidine groups is 1. The van der Waals surface area contributed by atoms with Gasteiger partial charge in [0.25, 0.3) is 0 Å². The zero-order valence-electron chi connectivity index (χ0n) is 18.1. The smallest absolute Gasteiger partial charge is 0.475 e. The van der Waals surface area contributed by atoms with Gasteiger partial charge in [-0.2, -0.15) is 13.2 Å². The summed E-state index contributed by atoms with van der Waals surface area (Å²) in [7, 11) is 0. The van der Waals surface area contributed by atoms with Crippen LogP contribution in [-0.4, -0.2) is 29.0 Å². The van der Waals surface area contributed by atoms with Gasteiger partial charge in [0.1, 0.15) is 5.84 Å². The van der Waals surface area contributed by atoms with Gasteiger partial charge in [-0.3, -0.25) is 10.2 Å². The minimum Gasteiger partial charge on any atom is -0.475 e. The van der Waals surface area contributed by atoms with Crippen molar-refractivity contribution in [1.82, 2.24) is 0 Å². The van der Waals surface area contributed by atoms with Crippen LogP contribution < -0.4 is 11.1 Å². The van der Waals surface area contributed by atoms with Crippen molar-refractivity contribution in [2.24, 2.45) is 11.7 Å². The van der Waals surface area contributed by atoms with Crippen molar-refractivity contribution in [3.63, 3.8) is 0 Å². The number of carboxylic acid groups (broad SMARTS) is 1. The molecule has 0 aromatic heterocycles. The van der Waals surface area contributed by atoms with Crippen molar-refractivity contribution in [3.8, 4) is 11.1 Å². The van der Waals surface area contributed by atoms with Crippen LogP contribution in [0.25, 0.3) is 11.1 Å². The number of hydrogen-bond donors (Lipinski definition) is 4. The number of nitrogens with two attached hydrogens (primary N) is 1. The van der Waals surface area contributed by atoms with E-state index in [-0.39, 0.29) is 23.6 Å². The highest BCUT2D eigenvalue weighted by Gasteiger charge is 2.44. The van der Waals surface area contributed by atoms with Crippen LogP contribution in [0.4, 0.5) is 18.9 Å². The molecule has 182 valence electrons. The maximum absolute atomic E-state index is 12.6. The molecular formula is C25H21ClF3N3O3. The Labute approximate surface area is 204 Å². The van der Waals surface area contributed by atoms with Crippen LogP contribution in [0.1, 0.15) is 23.5 Å². The lowest BCUT2D eigenvalue weighted by Crippen LogP contribution is -2.21.